The standard InChI is InChI=1S/C24H31N3O4/c1-16-6-9-21(23(28)25-16)27-15-17-14-18(7-8-19(17)24(27)29)31-22-5-3-2-4-20(22)26-10-12-30-13-11-26/h7-8,14,20-22H,1-6,9-13,15H2,(H,25,28)/t20-,21?,22-/m0/s1. The van der Waals surface area contributed by atoms with Gasteiger partial charge in [-0.25, -0.2) is 0 Å². The third-order valence-electron chi connectivity index (χ3n) is 7.08. The number of ether oxygens (including phenoxy) is 2. The Kier molecular flexibility index (Phi) is 5.71. The van der Waals surface area contributed by atoms with Gasteiger partial charge in [0.2, 0.25) is 5.91 Å². The second-order valence-electron chi connectivity index (χ2n) is 9.06. The molecular weight excluding hydrogens is 394 g/mol. The van der Waals surface area contributed by atoms with Crippen molar-refractivity contribution in [3.8, 4) is 5.75 Å². The number of benzene rings is 1. The molecule has 3 atom stereocenters. The molecule has 0 radical (unpaired) electrons. The minimum atomic E-state index is -0.432. The predicted molar refractivity (Wildman–Crippen MR) is 116 cm³/mol. The van der Waals surface area contributed by atoms with E-state index in [1.165, 1.54) is 12.8 Å². The predicted octanol–water partition coefficient (Wildman–Crippen LogP) is 2.46. The van der Waals surface area contributed by atoms with Crippen LogP contribution in [0.3, 0.4) is 0 Å². The summed E-state index contributed by atoms with van der Waals surface area (Å²) < 4.78 is 12.0. The summed E-state index contributed by atoms with van der Waals surface area (Å²) in [5.74, 6) is 0.613. The van der Waals surface area contributed by atoms with E-state index in [1.807, 2.05) is 18.2 Å². The summed E-state index contributed by atoms with van der Waals surface area (Å²) in [6.45, 7) is 7.80. The Hall–Kier alpha value is -2.38. The number of morpholine rings is 1. The number of fused-ring (bicyclic) bond motifs is 1. The molecule has 1 aromatic carbocycles. The molecule has 3 aliphatic heterocycles. The molecule has 166 valence electrons. The van der Waals surface area contributed by atoms with Crippen molar-refractivity contribution in [3.05, 3.63) is 41.6 Å². The van der Waals surface area contributed by atoms with Gasteiger partial charge in [0, 0.05) is 36.9 Å². The van der Waals surface area contributed by atoms with Crippen molar-refractivity contribution in [2.75, 3.05) is 26.3 Å². The molecule has 7 nitrogen and oxygen atoms in total. The van der Waals surface area contributed by atoms with Crippen molar-refractivity contribution in [2.24, 2.45) is 0 Å². The van der Waals surface area contributed by atoms with Crippen LogP contribution in [0.2, 0.25) is 0 Å². The zero-order chi connectivity index (χ0) is 21.4. The van der Waals surface area contributed by atoms with Gasteiger partial charge in [-0.15, -0.1) is 0 Å². The van der Waals surface area contributed by atoms with Gasteiger partial charge in [0.25, 0.3) is 5.91 Å². The number of hydrogen-bond donors (Lipinski definition) is 1. The maximum Gasteiger partial charge on any atom is 0.255 e. The van der Waals surface area contributed by atoms with Crippen LogP contribution < -0.4 is 10.1 Å². The van der Waals surface area contributed by atoms with E-state index < -0.39 is 6.04 Å². The van der Waals surface area contributed by atoms with Crippen LogP contribution in [-0.2, 0) is 16.1 Å². The Labute approximate surface area is 183 Å². The molecule has 31 heavy (non-hydrogen) atoms. The van der Waals surface area contributed by atoms with Gasteiger partial charge >= 0.3 is 0 Å². The van der Waals surface area contributed by atoms with Crippen molar-refractivity contribution < 1.29 is 19.1 Å². The normalized spacial score (nSPS) is 29.6. The summed E-state index contributed by atoms with van der Waals surface area (Å²) in [6.07, 6.45) is 6.12. The number of nitrogens with one attached hydrogen (secondary N) is 1. The monoisotopic (exact) mass is 425 g/mol. The van der Waals surface area contributed by atoms with E-state index in [-0.39, 0.29) is 17.9 Å². The molecule has 3 heterocycles. The molecule has 1 aliphatic carbocycles. The Morgan fingerprint density at radius 2 is 1.90 bits per heavy atom. The summed E-state index contributed by atoms with van der Waals surface area (Å²) in [4.78, 5) is 29.6. The van der Waals surface area contributed by atoms with E-state index >= 15 is 0 Å². The van der Waals surface area contributed by atoms with Crippen LogP contribution in [0.5, 0.6) is 5.75 Å². The first-order valence-electron chi connectivity index (χ1n) is 11.5. The van der Waals surface area contributed by atoms with Crippen molar-refractivity contribution in [2.45, 2.75) is 63.3 Å². The molecule has 1 unspecified atom stereocenters. The molecule has 7 heteroatoms. The molecule has 1 saturated carbocycles. The van der Waals surface area contributed by atoms with E-state index in [0.717, 1.165) is 56.2 Å². The number of allylic oxidation sites excluding steroid dienone is 1. The topological polar surface area (TPSA) is 71.1 Å². The third kappa shape index (κ3) is 4.08. The van der Waals surface area contributed by atoms with Crippen LogP contribution in [0.1, 0.15) is 54.4 Å². The van der Waals surface area contributed by atoms with Crippen molar-refractivity contribution in [1.82, 2.24) is 15.1 Å². The third-order valence-corrected chi connectivity index (χ3v) is 7.08. The summed E-state index contributed by atoms with van der Waals surface area (Å²) in [6, 6.07) is 5.76. The lowest BCUT2D eigenvalue weighted by Crippen LogP contribution is -2.52. The second-order valence-corrected chi connectivity index (χ2v) is 9.06. The number of carbonyl (C=O) groups excluding carboxylic acids is 2. The zero-order valence-electron chi connectivity index (χ0n) is 18.0. The fourth-order valence-electron chi connectivity index (χ4n) is 5.42. The van der Waals surface area contributed by atoms with E-state index in [1.54, 1.807) is 4.90 Å². The van der Waals surface area contributed by atoms with Crippen LogP contribution in [0.25, 0.3) is 0 Å². The molecule has 1 N–H and O–H groups in total. The van der Waals surface area contributed by atoms with E-state index in [9.17, 15) is 9.59 Å². The van der Waals surface area contributed by atoms with Crippen LogP contribution in [0.15, 0.2) is 30.5 Å². The van der Waals surface area contributed by atoms with Crippen LogP contribution >= 0.6 is 0 Å². The SMILES string of the molecule is C=C1CCC(N2Cc3cc(O[C@H]4CCCC[C@@H]4N4CCOCC4)ccc3C2=O)C(=O)N1. The number of nitrogens with zero attached hydrogens (tertiary/aromatic N) is 2. The van der Waals surface area contributed by atoms with Gasteiger partial charge in [0.05, 0.1) is 13.2 Å². The van der Waals surface area contributed by atoms with Crippen LogP contribution in [-0.4, -0.2) is 66.1 Å². The minimum absolute atomic E-state index is 0.0712. The highest BCUT2D eigenvalue weighted by Gasteiger charge is 2.38. The maximum absolute atomic E-state index is 12.9. The van der Waals surface area contributed by atoms with Crippen LogP contribution in [0, 0.1) is 0 Å². The molecule has 5 rings (SSSR count). The molecule has 2 amide bonds. The highest BCUT2D eigenvalue weighted by molar-refractivity contribution is 6.01. The van der Waals surface area contributed by atoms with Gasteiger partial charge < -0.3 is 19.7 Å². The highest BCUT2D eigenvalue weighted by atomic mass is 16.5. The Bertz CT molecular complexity index is 880. The Morgan fingerprint density at radius 3 is 2.71 bits per heavy atom. The average Bonchev–Trinajstić information content (AvgIpc) is 3.10. The number of rotatable bonds is 4. The molecule has 1 aromatic rings. The highest BCUT2D eigenvalue weighted by Crippen LogP contribution is 2.33. The van der Waals surface area contributed by atoms with Crippen molar-refractivity contribution in [1.29, 1.82) is 0 Å². The van der Waals surface area contributed by atoms with E-state index in [0.29, 0.717) is 31.0 Å². The zero-order valence-corrected chi connectivity index (χ0v) is 18.0. The molecule has 4 aliphatic rings. The largest absolute Gasteiger partial charge is 0.489 e. The quantitative estimate of drug-likeness (QED) is 0.803. The summed E-state index contributed by atoms with van der Waals surface area (Å²) in [5.41, 5.74) is 2.35. The maximum atomic E-state index is 12.9. The van der Waals surface area contributed by atoms with Crippen molar-refractivity contribution in [3.63, 3.8) is 0 Å². The van der Waals surface area contributed by atoms with Crippen molar-refractivity contribution >= 4 is 11.8 Å². The summed E-state index contributed by atoms with van der Waals surface area (Å²) in [5, 5.41) is 2.79. The molecule has 0 aromatic heterocycles. The lowest BCUT2D eigenvalue weighted by atomic mass is 9.91. The summed E-state index contributed by atoms with van der Waals surface area (Å²) >= 11 is 0. The minimum Gasteiger partial charge on any atom is -0.489 e. The van der Waals surface area contributed by atoms with Gasteiger partial charge in [-0.05, 0) is 55.9 Å². The number of amides is 2. The van der Waals surface area contributed by atoms with E-state index in [2.05, 4.69) is 16.8 Å². The number of carbonyl (C=O) groups is 2. The smallest absolute Gasteiger partial charge is 0.255 e. The molecule has 3 fully saturated rings. The fraction of sp³-hybridized carbons (Fsp3) is 0.583. The lowest BCUT2D eigenvalue weighted by Gasteiger charge is -2.41. The second kappa shape index (κ2) is 8.63. The Balaban J connectivity index is 1.29. The molecule has 2 saturated heterocycles. The Morgan fingerprint density at radius 1 is 1.10 bits per heavy atom. The van der Waals surface area contributed by atoms with Gasteiger partial charge in [0.15, 0.2) is 0 Å². The molecular formula is C24H31N3O4. The van der Waals surface area contributed by atoms with Gasteiger partial charge in [-0.1, -0.05) is 13.0 Å². The molecule has 0 bridgehead atoms. The lowest BCUT2D eigenvalue weighted by molar-refractivity contribution is -0.126. The number of piperidine rings is 1. The first-order chi connectivity index (χ1) is 15.1. The average molecular weight is 426 g/mol. The van der Waals surface area contributed by atoms with Gasteiger partial charge in [-0.3, -0.25) is 14.5 Å². The fourth-order valence-corrected chi connectivity index (χ4v) is 5.42. The summed E-state index contributed by atoms with van der Waals surface area (Å²) in [7, 11) is 0. The van der Waals surface area contributed by atoms with E-state index in [4.69, 9.17) is 9.47 Å². The van der Waals surface area contributed by atoms with Gasteiger partial charge in [0.1, 0.15) is 17.9 Å². The van der Waals surface area contributed by atoms with Crippen LogP contribution in [0.4, 0.5) is 0 Å². The first kappa shape index (κ1) is 20.5. The van der Waals surface area contributed by atoms with Gasteiger partial charge in [-0.2, -0.15) is 0 Å². The molecule has 0 spiro atoms. The number of hydrogen-bond acceptors (Lipinski definition) is 5. The first-order valence-corrected chi connectivity index (χ1v) is 11.5.